The number of hydrogen-bond acceptors (Lipinski definition) is 4. The number of aromatic nitrogens is 1. The lowest BCUT2D eigenvalue weighted by atomic mass is 10.2. The number of pyridine rings is 1. The maximum absolute atomic E-state index is 11.4. The van der Waals surface area contributed by atoms with Crippen LogP contribution < -0.4 is 11.1 Å². The van der Waals surface area contributed by atoms with Gasteiger partial charge in [-0.1, -0.05) is 12.2 Å². The number of carbonyl (C=O) groups is 1. The first-order valence-electron chi connectivity index (χ1n) is 6.21. The van der Waals surface area contributed by atoms with Crippen LogP contribution in [0, 0.1) is 0 Å². The van der Waals surface area contributed by atoms with Gasteiger partial charge in [0.1, 0.15) is 5.60 Å². The highest BCUT2D eigenvalue weighted by Gasteiger charge is 2.15. The molecule has 0 radical (unpaired) electrons. The smallest absolute Gasteiger partial charge is 0.407 e. The van der Waals surface area contributed by atoms with E-state index in [1.54, 1.807) is 12.4 Å². The number of nitrogens with one attached hydrogen (secondary N) is 1. The molecule has 0 aliphatic heterocycles. The zero-order chi connectivity index (χ0) is 14.3. The highest BCUT2D eigenvalue weighted by molar-refractivity contribution is 5.67. The highest BCUT2D eigenvalue weighted by atomic mass is 16.6. The molecule has 104 valence electrons. The minimum absolute atomic E-state index is 0.399. The molecule has 0 fully saturated rings. The quantitative estimate of drug-likeness (QED) is 0.818. The van der Waals surface area contributed by atoms with Gasteiger partial charge in [0, 0.05) is 18.3 Å². The van der Waals surface area contributed by atoms with Gasteiger partial charge in [-0.05, 0) is 33.3 Å². The third kappa shape index (κ3) is 6.45. The van der Waals surface area contributed by atoms with Crippen LogP contribution in [0.1, 0.15) is 32.8 Å². The summed E-state index contributed by atoms with van der Waals surface area (Å²) in [5.41, 5.74) is 6.84. The summed E-state index contributed by atoms with van der Waals surface area (Å²) in [6.45, 7) is 6.02. The van der Waals surface area contributed by atoms with Gasteiger partial charge in [0.25, 0.3) is 0 Å². The third-order valence-corrected chi connectivity index (χ3v) is 2.16. The Morgan fingerprint density at radius 1 is 1.53 bits per heavy atom. The minimum Gasteiger partial charge on any atom is -0.444 e. The summed E-state index contributed by atoms with van der Waals surface area (Å²) < 4.78 is 5.12. The number of hydrogen-bond donors (Lipinski definition) is 2. The van der Waals surface area contributed by atoms with Crippen molar-refractivity contribution in [2.75, 3.05) is 12.3 Å². The van der Waals surface area contributed by atoms with Gasteiger partial charge in [0.15, 0.2) is 0 Å². The van der Waals surface area contributed by atoms with Crippen molar-refractivity contribution in [2.45, 2.75) is 32.8 Å². The molecule has 0 atom stereocenters. The zero-order valence-corrected chi connectivity index (χ0v) is 11.6. The zero-order valence-electron chi connectivity index (χ0n) is 11.6. The molecule has 1 aromatic rings. The molecule has 0 aromatic carbocycles. The number of nitrogen functional groups attached to an aromatic ring is 1. The molecule has 0 bridgehead atoms. The molecule has 0 saturated heterocycles. The van der Waals surface area contributed by atoms with Crippen molar-refractivity contribution < 1.29 is 9.53 Å². The van der Waals surface area contributed by atoms with Crippen LogP contribution in [0.4, 0.5) is 10.5 Å². The van der Waals surface area contributed by atoms with Gasteiger partial charge < -0.3 is 15.8 Å². The lowest BCUT2D eigenvalue weighted by Gasteiger charge is -2.19. The van der Waals surface area contributed by atoms with E-state index in [1.807, 2.05) is 39.0 Å². The fraction of sp³-hybridized carbons (Fsp3) is 0.429. The van der Waals surface area contributed by atoms with E-state index in [0.29, 0.717) is 18.7 Å². The molecule has 19 heavy (non-hydrogen) atoms. The van der Waals surface area contributed by atoms with E-state index < -0.39 is 11.7 Å². The summed E-state index contributed by atoms with van der Waals surface area (Å²) in [7, 11) is 0. The van der Waals surface area contributed by atoms with Gasteiger partial charge in [0.2, 0.25) is 0 Å². The molecule has 1 amide bonds. The topological polar surface area (TPSA) is 77.2 Å². The van der Waals surface area contributed by atoms with Crippen LogP contribution in [0.3, 0.4) is 0 Å². The van der Waals surface area contributed by atoms with Crippen LogP contribution in [0.2, 0.25) is 0 Å². The van der Waals surface area contributed by atoms with Crippen LogP contribution in [0.15, 0.2) is 24.5 Å². The molecule has 0 aliphatic rings. The molecule has 1 rings (SSSR count). The Balaban J connectivity index is 2.28. The first-order chi connectivity index (χ1) is 8.88. The lowest BCUT2D eigenvalue weighted by Crippen LogP contribution is -2.32. The second kappa shape index (κ2) is 6.78. The highest BCUT2D eigenvalue weighted by Crippen LogP contribution is 2.10. The van der Waals surface area contributed by atoms with Crippen LogP contribution in [0.25, 0.3) is 6.08 Å². The predicted molar refractivity (Wildman–Crippen MR) is 76.5 cm³/mol. The van der Waals surface area contributed by atoms with Crippen molar-refractivity contribution in [1.29, 1.82) is 0 Å². The van der Waals surface area contributed by atoms with Crippen LogP contribution in [0.5, 0.6) is 0 Å². The Labute approximate surface area is 113 Å². The van der Waals surface area contributed by atoms with E-state index in [9.17, 15) is 4.79 Å². The molecule has 0 spiro atoms. The number of nitrogens with two attached hydrogens (primary N) is 1. The average molecular weight is 263 g/mol. The standard InChI is InChI=1S/C14H21N3O2/c1-14(2,3)19-13(18)17-8-5-4-6-11-7-9-16-10-12(11)15/h4,6-7,9-10H,5,8,15H2,1-3H3,(H,17,18). The summed E-state index contributed by atoms with van der Waals surface area (Å²) in [6, 6.07) is 1.84. The summed E-state index contributed by atoms with van der Waals surface area (Å²) in [5, 5.41) is 2.68. The predicted octanol–water partition coefficient (Wildman–Crippen LogP) is 2.59. The first-order valence-corrected chi connectivity index (χ1v) is 6.21. The molecule has 5 nitrogen and oxygen atoms in total. The summed E-state index contributed by atoms with van der Waals surface area (Å²) in [4.78, 5) is 15.3. The van der Waals surface area contributed by atoms with Crippen molar-refractivity contribution in [3.05, 3.63) is 30.1 Å². The van der Waals surface area contributed by atoms with Crippen molar-refractivity contribution >= 4 is 17.9 Å². The van der Waals surface area contributed by atoms with Crippen molar-refractivity contribution in [3.63, 3.8) is 0 Å². The van der Waals surface area contributed by atoms with E-state index in [2.05, 4.69) is 10.3 Å². The Morgan fingerprint density at radius 3 is 2.89 bits per heavy atom. The minimum atomic E-state index is -0.467. The Hall–Kier alpha value is -2.04. The molecule has 0 aliphatic carbocycles. The molecule has 1 aromatic heterocycles. The molecular formula is C14H21N3O2. The number of anilines is 1. The van der Waals surface area contributed by atoms with Crippen molar-refractivity contribution in [3.8, 4) is 0 Å². The third-order valence-electron chi connectivity index (χ3n) is 2.16. The van der Waals surface area contributed by atoms with E-state index in [4.69, 9.17) is 10.5 Å². The summed E-state index contributed by atoms with van der Waals surface area (Å²) in [5.74, 6) is 0. The van der Waals surface area contributed by atoms with Crippen molar-refractivity contribution in [2.24, 2.45) is 0 Å². The molecule has 3 N–H and O–H groups in total. The normalized spacial score (nSPS) is 11.5. The number of alkyl carbamates (subject to hydrolysis) is 1. The number of amides is 1. The molecule has 0 unspecified atom stereocenters. The average Bonchev–Trinajstić information content (AvgIpc) is 2.28. The van der Waals surface area contributed by atoms with Gasteiger partial charge in [-0.3, -0.25) is 4.98 Å². The first kappa shape index (κ1) is 15.0. The number of nitrogens with zero attached hydrogens (tertiary/aromatic N) is 1. The van der Waals surface area contributed by atoms with Crippen LogP contribution >= 0.6 is 0 Å². The fourth-order valence-corrected chi connectivity index (χ4v) is 1.35. The van der Waals surface area contributed by atoms with E-state index in [1.165, 1.54) is 0 Å². The van der Waals surface area contributed by atoms with E-state index in [0.717, 1.165) is 5.56 Å². The fourth-order valence-electron chi connectivity index (χ4n) is 1.35. The monoisotopic (exact) mass is 263 g/mol. The summed E-state index contributed by atoms with van der Waals surface area (Å²) in [6.07, 6.45) is 7.47. The Kier molecular flexibility index (Phi) is 5.36. The van der Waals surface area contributed by atoms with E-state index in [-0.39, 0.29) is 0 Å². The Bertz CT molecular complexity index is 450. The number of rotatable bonds is 4. The maximum atomic E-state index is 11.4. The maximum Gasteiger partial charge on any atom is 0.407 e. The van der Waals surface area contributed by atoms with Crippen molar-refractivity contribution in [1.82, 2.24) is 10.3 Å². The SMILES string of the molecule is CC(C)(C)OC(=O)NCCC=Cc1ccncc1N. The second-order valence-electron chi connectivity index (χ2n) is 5.12. The lowest BCUT2D eigenvalue weighted by molar-refractivity contribution is 0.0529. The number of carbonyl (C=O) groups excluding carboxylic acids is 1. The van der Waals surface area contributed by atoms with Gasteiger partial charge in [-0.25, -0.2) is 4.79 Å². The van der Waals surface area contributed by atoms with Gasteiger partial charge >= 0.3 is 6.09 Å². The Morgan fingerprint density at radius 2 is 2.26 bits per heavy atom. The second-order valence-corrected chi connectivity index (χ2v) is 5.12. The largest absolute Gasteiger partial charge is 0.444 e. The summed E-state index contributed by atoms with van der Waals surface area (Å²) >= 11 is 0. The molecule has 5 heteroatoms. The molecular weight excluding hydrogens is 242 g/mol. The molecule has 1 heterocycles. The van der Waals surface area contributed by atoms with Gasteiger partial charge in [-0.15, -0.1) is 0 Å². The van der Waals surface area contributed by atoms with Crippen LogP contribution in [-0.2, 0) is 4.74 Å². The van der Waals surface area contributed by atoms with Gasteiger partial charge in [0.05, 0.1) is 11.9 Å². The van der Waals surface area contributed by atoms with Gasteiger partial charge in [-0.2, -0.15) is 0 Å². The molecule has 0 saturated carbocycles. The van der Waals surface area contributed by atoms with Crippen LogP contribution in [-0.4, -0.2) is 23.2 Å². The van der Waals surface area contributed by atoms with E-state index >= 15 is 0 Å². The number of ether oxygens (including phenoxy) is 1.